The van der Waals surface area contributed by atoms with Crippen molar-refractivity contribution in [1.82, 2.24) is 10.2 Å². The molecule has 0 heterocycles. The van der Waals surface area contributed by atoms with Crippen LogP contribution in [0.25, 0.3) is 0 Å². The van der Waals surface area contributed by atoms with E-state index < -0.39 is 16.1 Å². The average Bonchev–Trinajstić information content (AvgIpc) is 2.91. The molecular formula is C29H39Cl2N3O5S. The fraction of sp³-hybridized carbons (Fsp3) is 0.517. The topological polar surface area (TPSA) is 96.0 Å². The van der Waals surface area contributed by atoms with Crippen molar-refractivity contribution in [1.29, 1.82) is 0 Å². The highest BCUT2D eigenvalue weighted by Gasteiger charge is 2.29. The Labute approximate surface area is 248 Å². The zero-order valence-corrected chi connectivity index (χ0v) is 25.7. The molecule has 1 fully saturated rings. The van der Waals surface area contributed by atoms with Crippen molar-refractivity contribution in [2.75, 3.05) is 23.7 Å². The van der Waals surface area contributed by atoms with Crippen LogP contribution < -0.4 is 14.4 Å². The fourth-order valence-corrected chi connectivity index (χ4v) is 6.37. The van der Waals surface area contributed by atoms with Crippen molar-refractivity contribution in [3.8, 4) is 5.75 Å². The second-order valence-electron chi connectivity index (χ2n) is 10.1. The molecule has 2 aromatic rings. The van der Waals surface area contributed by atoms with Gasteiger partial charge >= 0.3 is 0 Å². The standard InChI is InChI=1S/C29H39Cl2N3O5S/c1-4-39-24-17-15-23(16-18-24)34(40(3,37)38)19-9-14-28(35)33(20-25-26(30)12-8-13-27(25)31)21(2)29(36)32-22-10-6-5-7-11-22/h8,12-13,15-18,21-22H,4-7,9-11,14,19-20H2,1-3H3,(H,32,36). The Morgan fingerprint density at radius 3 is 2.25 bits per heavy atom. The van der Waals surface area contributed by atoms with Crippen molar-refractivity contribution >= 4 is 50.7 Å². The van der Waals surface area contributed by atoms with Gasteiger partial charge in [-0.3, -0.25) is 13.9 Å². The lowest BCUT2D eigenvalue weighted by Crippen LogP contribution is -2.50. The van der Waals surface area contributed by atoms with Crippen LogP contribution in [-0.2, 0) is 26.2 Å². The predicted molar refractivity (Wildman–Crippen MR) is 161 cm³/mol. The Kier molecular flexibility index (Phi) is 12.0. The van der Waals surface area contributed by atoms with E-state index in [-0.39, 0.29) is 43.8 Å². The second-order valence-corrected chi connectivity index (χ2v) is 12.8. The Balaban J connectivity index is 1.74. The third-order valence-corrected chi connectivity index (χ3v) is 9.00. The summed E-state index contributed by atoms with van der Waals surface area (Å²) in [6, 6.07) is 11.2. The van der Waals surface area contributed by atoms with Gasteiger partial charge in [-0.05, 0) is 69.5 Å². The van der Waals surface area contributed by atoms with Crippen LogP contribution in [0.5, 0.6) is 5.75 Å². The molecule has 1 N–H and O–H groups in total. The van der Waals surface area contributed by atoms with Crippen LogP contribution in [-0.4, -0.2) is 56.6 Å². The van der Waals surface area contributed by atoms with Gasteiger partial charge in [0, 0.05) is 41.2 Å². The van der Waals surface area contributed by atoms with Crippen LogP contribution in [0.4, 0.5) is 5.69 Å². The third kappa shape index (κ3) is 9.01. The first-order valence-electron chi connectivity index (χ1n) is 13.7. The second kappa shape index (κ2) is 14.9. The minimum Gasteiger partial charge on any atom is -0.494 e. The number of ether oxygens (including phenoxy) is 1. The minimum atomic E-state index is -3.60. The average molecular weight is 613 g/mol. The monoisotopic (exact) mass is 611 g/mol. The number of nitrogens with one attached hydrogen (secondary N) is 1. The lowest BCUT2D eigenvalue weighted by Gasteiger charge is -2.32. The van der Waals surface area contributed by atoms with Gasteiger partial charge in [-0.15, -0.1) is 0 Å². The molecule has 2 aromatic carbocycles. The minimum absolute atomic E-state index is 0.0339. The summed E-state index contributed by atoms with van der Waals surface area (Å²) in [5.41, 5.74) is 1.04. The Hall–Kier alpha value is -2.49. The molecule has 3 rings (SSSR count). The van der Waals surface area contributed by atoms with Crippen LogP contribution in [0.3, 0.4) is 0 Å². The maximum absolute atomic E-state index is 13.6. The number of carbonyl (C=O) groups excluding carboxylic acids is 2. The lowest BCUT2D eigenvalue weighted by atomic mass is 9.95. The van der Waals surface area contributed by atoms with E-state index in [0.29, 0.717) is 33.7 Å². The summed E-state index contributed by atoms with van der Waals surface area (Å²) in [6.07, 6.45) is 6.58. The van der Waals surface area contributed by atoms with E-state index >= 15 is 0 Å². The molecule has 0 radical (unpaired) electrons. The molecular weight excluding hydrogens is 573 g/mol. The highest BCUT2D eigenvalue weighted by Crippen LogP contribution is 2.28. The van der Waals surface area contributed by atoms with Gasteiger partial charge in [-0.25, -0.2) is 8.42 Å². The van der Waals surface area contributed by atoms with E-state index in [2.05, 4.69) is 5.32 Å². The van der Waals surface area contributed by atoms with E-state index in [0.717, 1.165) is 31.9 Å². The molecule has 0 aromatic heterocycles. The van der Waals surface area contributed by atoms with Gasteiger partial charge in [0.25, 0.3) is 0 Å². The molecule has 1 unspecified atom stereocenters. The number of rotatable bonds is 13. The summed E-state index contributed by atoms with van der Waals surface area (Å²) in [6.45, 7) is 4.23. The first kappa shape index (κ1) is 32.0. The zero-order valence-electron chi connectivity index (χ0n) is 23.4. The molecule has 0 aliphatic heterocycles. The molecule has 2 amide bonds. The van der Waals surface area contributed by atoms with E-state index in [4.69, 9.17) is 27.9 Å². The van der Waals surface area contributed by atoms with Gasteiger partial charge in [0.15, 0.2) is 0 Å². The van der Waals surface area contributed by atoms with Gasteiger partial charge in [-0.1, -0.05) is 48.5 Å². The van der Waals surface area contributed by atoms with Crippen LogP contribution >= 0.6 is 23.2 Å². The van der Waals surface area contributed by atoms with E-state index in [1.165, 1.54) is 15.6 Å². The van der Waals surface area contributed by atoms with Crippen LogP contribution in [0.2, 0.25) is 10.0 Å². The zero-order chi connectivity index (χ0) is 29.3. The van der Waals surface area contributed by atoms with Gasteiger partial charge < -0.3 is 15.0 Å². The van der Waals surface area contributed by atoms with Crippen molar-refractivity contribution < 1.29 is 22.7 Å². The fourth-order valence-electron chi connectivity index (χ4n) is 4.88. The molecule has 0 saturated heterocycles. The maximum Gasteiger partial charge on any atom is 0.242 e. The van der Waals surface area contributed by atoms with Crippen LogP contribution in [0.1, 0.15) is 64.4 Å². The first-order chi connectivity index (χ1) is 19.0. The number of hydrogen-bond donors (Lipinski definition) is 1. The third-order valence-electron chi connectivity index (χ3n) is 7.10. The van der Waals surface area contributed by atoms with Gasteiger partial charge in [0.2, 0.25) is 21.8 Å². The van der Waals surface area contributed by atoms with E-state index in [1.54, 1.807) is 49.4 Å². The number of halogens is 2. The van der Waals surface area contributed by atoms with Gasteiger partial charge in [0.1, 0.15) is 11.8 Å². The molecule has 11 heteroatoms. The molecule has 1 atom stereocenters. The van der Waals surface area contributed by atoms with E-state index in [1.807, 2.05) is 6.92 Å². The van der Waals surface area contributed by atoms with Crippen LogP contribution in [0.15, 0.2) is 42.5 Å². The summed E-state index contributed by atoms with van der Waals surface area (Å²) >= 11 is 12.8. The van der Waals surface area contributed by atoms with Crippen molar-refractivity contribution in [3.05, 3.63) is 58.1 Å². The number of anilines is 1. The molecule has 0 spiro atoms. The summed E-state index contributed by atoms with van der Waals surface area (Å²) in [5.74, 6) is 0.127. The lowest BCUT2D eigenvalue weighted by molar-refractivity contribution is -0.141. The number of carbonyl (C=O) groups is 2. The number of benzene rings is 2. The Bertz CT molecular complexity index is 1230. The SMILES string of the molecule is CCOc1ccc(N(CCCC(=O)N(Cc2c(Cl)cccc2Cl)C(C)C(=O)NC2CCCCC2)S(C)(=O)=O)cc1. The number of sulfonamides is 1. The maximum atomic E-state index is 13.6. The first-order valence-corrected chi connectivity index (χ1v) is 16.3. The van der Waals surface area contributed by atoms with Gasteiger partial charge in [-0.2, -0.15) is 0 Å². The Morgan fingerprint density at radius 1 is 1.05 bits per heavy atom. The quantitative estimate of drug-likeness (QED) is 0.308. The molecule has 1 saturated carbocycles. The molecule has 1 aliphatic rings. The summed E-state index contributed by atoms with van der Waals surface area (Å²) in [4.78, 5) is 28.3. The van der Waals surface area contributed by atoms with Crippen molar-refractivity contribution in [2.24, 2.45) is 0 Å². The molecule has 0 bridgehead atoms. The van der Waals surface area contributed by atoms with Crippen molar-refractivity contribution in [3.63, 3.8) is 0 Å². The normalized spacial score (nSPS) is 14.8. The predicted octanol–water partition coefficient (Wildman–Crippen LogP) is 5.80. The molecule has 40 heavy (non-hydrogen) atoms. The largest absolute Gasteiger partial charge is 0.494 e. The molecule has 1 aliphatic carbocycles. The van der Waals surface area contributed by atoms with Crippen LogP contribution in [0, 0.1) is 0 Å². The summed E-state index contributed by atoms with van der Waals surface area (Å²) in [5, 5.41) is 3.91. The van der Waals surface area contributed by atoms with Gasteiger partial charge in [0.05, 0.1) is 18.6 Å². The smallest absolute Gasteiger partial charge is 0.242 e. The molecule has 8 nitrogen and oxygen atoms in total. The highest BCUT2D eigenvalue weighted by atomic mass is 35.5. The summed E-state index contributed by atoms with van der Waals surface area (Å²) < 4.78 is 31.9. The molecule has 220 valence electrons. The summed E-state index contributed by atoms with van der Waals surface area (Å²) in [7, 11) is -3.60. The number of amides is 2. The highest BCUT2D eigenvalue weighted by molar-refractivity contribution is 7.92. The number of hydrogen-bond acceptors (Lipinski definition) is 5. The number of nitrogens with zero attached hydrogens (tertiary/aromatic N) is 2. The van der Waals surface area contributed by atoms with E-state index in [9.17, 15) is 18.0 Å². The van der Waals surface area contributed by atoms with Crippen molar-refractivity contribution in [2.45, 2.75) is 77.4 Å². The Morgan fingerprint density at radius 2 is 1.68 bits per heavy atom.